The fourth-order valence-corrected chi connectivity index (χ4v) is 3.24. The number of phenols is 1. The molecule has 2 rings (SSSR count). The van der Waals surface area contributed by atoms with Gasteiger partial charge >= 0.3 is 0 Å². The van der Waals surface area contributed by atoms with Gasteiger partial charge in [0.2, 0.25) is 0 Å². The third-order valence-corrected chi connectivity index (χ3v) is 5.02. The molecule has 0 aliphatic rings. The van der Waals surface area contributed by atoms with Crippen LogP contribution in [0, 0.1) is 6.92 Å². The third kappa shape index (κ3) is 3.79. The Bertz CT molecular complexity index is 646. The summed E-state index contributed by atoms with van der Waals surface area (Å²) >= 11 is 14.0. The van der Waals surface area contributed by atoms with Crippen molar-refractivity contribution in [1.82, 2.24) is 0 Å². The monoisotopic (exact) mass is 341 g/mol. The van der Waals surface area contributed by atoms with Gasteiger partial charge in [0.25, 0.3) is 0 Å². The molecule has 2 N–H and O–H groups in total. The van der Waals surface area contributed by atoms with Gasteiger partial charge in [0, 0.05) is 16.5 Å². The normalized spacial score (nSPS) is 10.7. The summed E-state index contributed by atoms with van der Waals surface area (Å²) in [5, 5.41) is 14.1. The Labute approximate surface area is 139 Å². The quantitative estimate of drug-likeness (QED) is 0.537. The lowest BCUT2D eigenvalue weighted by Gasteiger charge is -2.14. The molecule has 2 aromatic rings. The second-order valence-electron chi connectivity index (χ2n) is 4.59. The maximum atomic E-state index is 10.1. The molecule has 0 heterocycles. The van der Waals surface area contributed by atoms with E-state index in [1.165, 1.54) is 10.5 Å². The number of halogens is 2. The smallest absolute Gasteiger partial charge is 0.157 e. The number of phenolic OH excluding ortho intramolecular Hbond substituents is 1. The van der Waals surface area contributed by atoms with Gasteiger partial charge in [-0.3, -0.25) is 0 Å². The van der Waals surface area contributed by atoms with Crippen LogP contribution < -0.4 is 5.32 Å². The number of anilines is 1. The molecule has 21 heavy (non-hydrogen) atoms. The Morgan fingerprint density at radius 1 is 1.24 bits per heavy atom. The van der Waals surface area contributed by atoms with E-state index in [1.807, 2.05) is 12.1 Å². The summed E-state index contributed by atoms with van der Waals surface area (Å²) in [5.41, 5.74) is 2.41. The molecule has 0 amide bonds. The molecule has 0 saturated carbocycles. The SMILES string of the molecule is CCSc1ccccc1CNc1cc(Cl)c(C)c(Cl)c1O. The number of aromatic hydroxyl groups is 1. The summed E-state index contributed by atoms with van der Waals surface area (Å²) in [6.45, 7) is 4.51. The number of thioether (sulfide) groups is 1. The van der Waals surface area contributed by atoms with Crippen molar-refractivity contribution < 1.29 is 5.11 Å². The minimum absolute atomic E-state index is 0.0409. The van der Waals surface area contributed by atoms with Gasteiger partial charge in [0.05, 0.1) is 10.7 Å². The van der Waals surface area contributed by atoms with Gasteiger partial charge < -0.3 is 10.4 Å². The Kier molecular flexibility index (Phi) is 5.68. The number of benzene rings is 2. The molecular formula is C16H17Cl2NOS. The van der Waals surface area contributed by atoms with E-state index in [0.29, 0.717) is 27.8 Å². The third-order valence-electron chi connectivity index (χ3n) is 3.16. The first-order valence-corrected chi connectivity index (χ1v) is 8.40. The molecule has 0 spiro atoms. The Balaban J connectivity index is 2.21. The van der Waals surface area contributed by atoms with Crippen molar-refractivity contribution in [2.24, 2.45) is 0 Å². The molecule has 0 fully saturated rings. The van der Waals surface area contributed by atoms with Gasteiger partial charge in [-0.15, -0.1) is 11.8 Å². The molecule has 0 bridgehead atoms. The van der Waals surface area contributed by atoms with Crippen molar-refractivity contribution in [3.63, 3.8) is 0 Å². The zero-order valence-electron chi connectivity index (χ0n) is 11.9. The fourth-order valence-electron chi connectivity index (χ4n) is 1.98. The Hall–Kier alpha value is -1.03. The number of hydrogen-bond acceptors (Lipinski definition) is 3. The van der Waals surface area contributed by atoms with E-state index in [1.54, 1.807) is 24.8 Å². The molecule has 0 saturated heterocycles. The van der Waals surface area contributed by atoms with Gasteiger partial charge in [-0.1, -0.05) is 48.3 Å². The molecule has 0 atom stereocenters. The highest BCUT2D eigenvalue weighted by atomic mass is 35.5. The second-order valence-corrected chi connectivity index (χ2v) is 6.68. The topological polar surface area (TPSA) is 32.3 Å². The first-order chi connectivity index (χ1) is 10.0. The summed E-state index contributed by atoms with van der Waals surface area (Å²) < 4.78 is 0. The standard InChI is InChI=1S/C16H17Cl2NOS/c1-3-21-14-7-5-4-6-11(14)9-19-13-8-12(17)10(2)15(18)16(13)20/h4-8,19-20H,3,9H2,1-2H3. The maximum absolute atomic E-state index is 10.1. The highest BCUT2D eigenvalue weighted by Gasteiger charge is 2.12. The zero-order valence-corrected chi connectivity index (χ0v) is 14.2. The van der Waals surface area contributed by atoms with Crippen LogP contribution in [0.15, 0.2) is 35.2 Å². The molecular weight excluding hydrogens is 325 g/mol. The predicted molar refractivity (Wildman–Crippen MR) is 93.0 cm³/mol. The van der Waals surface area contributed by atoms with Crippen LogP contribution in [0.25, 0.3) is 0 Å². The van der Waals surface area contributed by atoms with Crippen molar-refractivity contribution in [3.05, 3.63) is 51.5 Å². The van der Waals surface area contributed by atoms with Gasteiger partial charge in [-0.25, -0.2) is 0 Å². The minimum Gasteiger partial charge on any atom is -0.504 e. The predicted octanol–water partition coefficient (Wildman–Crippen LogP) is 5.73. The van der Waals surface area contributed by atoms with E-state index in [9.17, 15) is 5.11 Å². The molecule has 0 aromatic heterocycles. The van der Waals surface area contributed by atoms with Crippen LogP contribution in [0.4, 0.5) is 5.69 Å². The highest BCUT2D eigenvalue weighted by Crippen LogP contribution is 2.39. The van der Waals surface area contributed by atoms with Crippen LogP contribution in [0.1, 0.15) is 18.1 Å². The van der Waals surface area contributed by atoms with Gasteiger partial charge in [0.1, 0.15) is 0 Å². The van der Waals surface area contributed by atoms with Crippen molar-refractivity contribution in [1.29, 1.82) is 0 Å². The van der Waals surface area contributed by atoms with Gasteiger partial charge in [-0.2, -0.15) is 0 Å². The van der Waals surface area contributed by atoms with E-state index >= 15 is 0 Å². The van der Waals surface area contributed by atoms with Crippen LogP contribution in [-0.4, -0.2) is 10.9 Å². The molecule has 5 heteroatoms. The first kappa shape index (κ1) is 16.3. The zero-order chi connectivity index (χ0) is 15.4. The van der Waals surface area contributed by atoms with Crippen LogP contribution >= 0.6 is 35.0 Å². The maximum Gasteiger partial charge on any atom is 0.157 e. The number of nitrogens with one attached hydrogen (secondary N) is 1. The lowest BCUT2D eigenvalue weighted by Crippen LogP contribution is -2.02. The molecule has 2 nitrogen and oxygen atoms in total. The molecule has 0 radical (unpaired) electrons. The molecule has 0 aliphatic carbocycles. The van der Waals surface area contributed by atoms with Gasteiger partial charge in [-0.05, 0) is 35.9 Å². The van der Waals surface area contributed by atoms with Crippen molar-refractivity contribution in [2.75, 3.05) is 11.1 Å². The van der Waals surface area contributed by atoms with Crippen molar-refractivity contribution >= 4 is 40.7 Å². The first-order valence-electron chi connectivity index (χ1n) is 6.66. The van der Waals surface area contributed by atoms with E-state index in [2.05, 4.69) is 24.4 Å². The van der Waals surface area contributed by atoms with Crippen LogP contribution in [-0.2, 0) is 6.54 Å². The summed E-state index contributed by atoms with van der Waals surface area (Å²) in [5.74, 6) is 1.06. The molecule has 0 aliphatic heterocycles. The van der Waals surface area contributed by atoms with E-state index in [4.69, 9.17) is 23.2 Å². The van der Waals surface area contributed by atoms with Crippen molar-refractivity contribution in [2.45, 2.75) is 25.3 Å². The Morgan fingerprint density at radius 3 is 2.67 bits per heavy atom. The van der Waals surface area contributed by atoms with Gasteiger partial charge in [0.15, 0.2) is 5.75 Å². The fraction of sp³-hybridized carbons (Fsp3) is 0.250. The summed E-state index contributed by atoms with van der Waals surface area (Å²) in [7, 11) is 0. The van der Waals surface area contributed by atoms with Crippen LogP contribution in [0.5, 0.6) is 5.75 Å². The largest absolute Gasteiger partial charge is 0.504 e. The molecule has 0 unspecified atom stereocenters. The lowest BCUT2D eigenvalue weighted by molar-refractivity contribution is 0.477. The van der Waals surface area contributed by atoms with Crippen molar-refractivity contribution in [3.8, 4) is 5.75 Å². The molecule has 112 valence electrons. The highest BCUT2D eigenvalue weighted by molar-refractivity contribution is 7.99. The Morgan fingerprint density at radius 2 is 1.95 bits per heavy atom. The minimum atomic E-state index is 0.0409. The number of rotatable bonds is 5. The number of hydrogen-bond donors (Lipinski definition) is 2. The summed E-state index contributed by atoms with van der Waals surface area (Å²) in [4.78, 5) is 1.23. The average molecular weight is 342 g/mol. The van der Waals surface area contributed by atoms with E-state index in [-0.39, 0.29) is 5.75 Å². The lowest BCUT2D eigenvalue weighted by atomic mass is 10.2. The summed E-state index contributed by atoms with van der Waals surface area (Å²) in [6, 6.07) is 9.90. The van der Waals surface area contributed by atoms with E-state index in [0.717, 1.165) is 5.75 Å². The van der Waals surface area contributed by atoms with Crippen LogP contribution in [0.3, 0.4) is 0 Å². The van der Waals surface area contributed by atoms with Crippen LogP contribution in [0.2, 0.25) is 10.0 Å². The average Bonchev–Trinajstić information content (AvgIpc) is 2.49. The van der Waals surface area contributed by atoms with E-state index < -0.39 is 0 Å². The second kappa shape index (κ2) is 7.30. The summed E-state index contributed by atoms with van der Waals surface area (Å²) in [6.07, 6.45) is 0. The molecule has 2 aromatic carbocycles.